The first-order valence-electron chi connectivity index (χ1n) is 12.8. The van der Waals surface area contributed by atoms with Gasteiger partial charge < -0.3 is 18.9 Å². The van der Waals surface area contributed by atoms with Gasteiger partial charge in [0.05, 0.1) is 0 Å². The van der Waals surface area contributed by atoms with Crippen LogP contribution in [-0.4, -0.2) is 39.3 Å². The van der Waals surface area contributed by atoms with E-state index in [9.17, 15) is 0 Å². The lowest BCUT2D eigenvalue weighted by atomic mass is 9.78. The third-order valence-corrected chi connectivity index (χ3v) is 6.52. The first-order chi connectivity index (χ1) is 18.1. The normalized spacial score (nSPS) is 13.0. The summed E-state index contributed by atoms with van der Waals surface area (Å²) in [6.07, 6.45) is 0.909. The van der Waals surface area contributed by atoms with Gasteiger partial charge in [-0.25, -0.2) is 0 Å². The van der Waals surface area contributed by atoms with Crippen LogP contribution in [0.15, 0.2) is 103 Å². The number of nitrogens with zero attached hydrogens (tertiary/aromatic N) is 1. The summed E-state index contributed by atoms with van der Waals surface area (Å²) >= 11 is 0. The van der Waals surface area contributed by atoms with Gasteiger partial charge in [-0.2, -0.15) is 0 Å². The monoisotopic (exact) mass is 489 g/mol. The van der Waals surface area contributed by atoms with Crippen LogP contribution in [0, 0.1) is 0 Å². The standard InChI is InChI=1S/C32H32BNO3/c1-4-29(24-10-6-5-7-11-24)32(26-16-20-28(21-17-26)35-23-22-34(2)3)25-14-18-27(19-15-25)33-36-30-12-8-9-13-31(30)37-33/h5-21H,4,22-23H2,1-3H3. The summed E-state index contributed by atoms with van der Waals surface area (Å²) in [5.41, 5.74) is 7.05. The zero-order valence-corrected chi connectivity index (χ0v) is 21.7. The molecule has 0 spiro atoms. The molecule has 1 heterocycles. The van der Waals surface area contributed by atoms with Crippen molar-refractivity contribution in [3.05, 3.63) is 120 Å². The first kappa shape index (κ1) is 24.7. The molecule has 0 atom stereocenters. The Hall–Kier alpha value is -3.96. The Morgan fingerprint density at radius 1 is 0.703 bits per heavy atom. The SMILES string of the molecule is CCC(=C(c1ccc(OCCN(C)C)cc1)c1ccc(B2Oc3ccccc3O2)cc1)c1ccccc1. The second-order valence-corrected chi connectivity index (χ2v) is 9.39. The van der Waals surface area contributed by atoms with Gasteiger partial charge in [0.1, 0.15) is 23.9 Å². The van der Waals surface area contributed by atoms with E-state index in [4.69, 9.17) is 14.0 Å². The minimum atomic E-state index is -0.433. The van der Waals surface area contributed by atoms with E-state index in [2.05, 4.69) is 105 Å². The summed E-state index contributed by atoms with van der Waals surface area (Å²) in [6, 6.07) is 35.4. The molecule has 0 bridgehead atoms. The Bertz CT molecular complexity index is 1320. The van der Waals surface area contributed by atoms with E-state index in [0.717, 1.165) is 46.8 Å². The Morgan fingerprint density at radius 3 is 1.84 bits per heavy atom. The molecular weight excluding hydrogens is 457 g/mol. The van der Waals surface area contributed by atoms with Gasteiger partial charge in [-0.3, -0.25) is 0 Å². The average Bonchev–Trinajstić information content (AvgIpc) is 3.37. The Balaban J connectivity index is 1.47. The van der Waals surface area contributed by atoms with E-state index >= 15 is 0 Å². The number of para-hydroxylation sites is 2. The number of likely N-dealkylation sites (N-methyl/N-ethyl adjacent to an activating group) is 1. The highest BCUT2D eigenvalue weighted by molar-refractivity contribution is 6.63. The topological polar surface area (TPSA) is 30.9 Å². The van der Waals surface area contributed by atoms with E-state index in [1.165, 1.54) is 16.7 Å². The van der Waals surface area contributed by atoms with Crippen LogP contribution < -0.4 is 19.5 Å². The predicted molar refractivity (Wildman–Crippen MR) is 153 cm³/mol. The minimum Gasteiger partial charge on any atom is -0.519 e. The molecule has 0 amide bonds. The van der Waals surface area contributed by atoms with Gasteiger partial charge in [0.25, 0.3) is 0 Å². The van der Waals surface area contributed by atoms with Crippen molar-refractivity contribution < 1.29 is 14.0 Å². The van der Waals surface area contributed by atoms with Crippen LogP contribution in [0.3, 0.4) is 0 Å². The van der Waals surface area contributed by atoms with Crippen LogP contribution in [0.1, 0.15) is 30.0 Å². The van der Waals surface area contributed by atoms with Gasteiger partial charge in [-0.15, -0.1) is 0 Å². The van der Waals surface area contributed by atoms with Gasteiger partial charge in [0, 0.05) is 12.0 Å². The predicted octanol–water partition coefficient (Wildman–Crippen LogP) is 6.16. The highest BCUT2D eigenvalue weighted by atomic mass is 16.6. The smallest absolute Gasteiger partial charge is 0.519 e. The van der Waals surface area contributed by atoms with E-state index < -0.39 is 7.12 Å². The summed E-state index contributed by atoms with van der Waals surface area (Å²) in [6.45, 7) is 3.76. The Morgan fingerprint density at radius 2 is 1.27 bits per heavy atom. The molecule has 1 aliphatic heterocycles. The highest BCUT2D eigenvalue weighted by Gasteiger charge is 2.33. The molecule has 4 aromatic rings. The largest absolute Gasteiger partial charge is 0.632 e. The maximum absolute atomic E-state index is 6.02. The number of fused-ring (bicyclic) bond motifs is 1. The number of hydrogen-bond donors (Lipinski definition) is 0. The van der Waals surface area contributed by atoms with Gasteiger partial charge in [-0.1, -0.05) is 85.8 Å². The van der Waals surface area contributed by atoms with Gasteiger partial charge in [-0.05, 0) is 72.6 Å². The first-order valence-corrected chi connectivity index (χ1v) is 12.8. The number of rotatable bonds is 9. The van der Waals surface area contributed by atoms with Crippen LogP contribution >= 0.6 is 0 Å². The molecule has 0 radical (unpaired) electrons. The molecule has 1 aliphatic rings. The van der Waals surface area contributed by atoms with E-state index in [-0.39, 0.29) is 0 Å². The highest BCUT2D eigenvalue weighted by Crippen LogP contribution is 2.36. The molecule has 0 unspecified atom stereocenters. The lowest BCUT2D eigenvalue weighted by Gasteiger charge is -2.17. The van der Waals surface area contributed by atoms with Crippen LogP contribution in [0.2, 0.25) is 0 Å². The Labute approximate surface area is 220 Å². The van der Waals surface area contributed by atoms with Crippen molar-refractivity contribution in [1.82, 2.24) is 4.90 Å². The van der Waals surface area contributed by atoms with Gasteiger partial charge in [0.15, 0.2) is 0 Å². The summed E-state index contributed by atoms with van der Waals surface area (Å²) in [5, 5.41) is 0. The lowest BCUT2D eigenvalue weighted by Crippen LogP contribution is -2.38. The van der Waals surface area contributed by atoms with Crippen molar-refractivity contribution in [1.29, 1.82) is 0 Å². The molecular formula is C32H32BNO3. The summed E-state index contributed by atoms with van der Waals surface area (Å²) in [5.74, 6) is 2.44. The summed E-state index contributed by atoms with van der Waals surface area (Å²) in [7, 11) is 3.67. The third-order valence-electron chi connectivity index (χ3n) is 6.52. The Kier molecular flexibility index (Phi) is 7.62. The van der Waals surface area contributed by atoms with Crippen LogP contribution in [0.4, 0.5) is 0 Å². The zero-order chi connectivity index (χ0) is 25.6. The van der Waals surface area contributed by atoms with Crippen LogP contribution in [-0.2, 0) is 0 Å². The van der Waals surface area contributed by atoms with E-state index in [1.807, 2.05) is 24.3 Å². The van der Waals surface area contributed by atoms with Crippen LogP contribution in [0.25, 0.3) is 11.1 Å². The van der Waals surface area contributed by atoms with Crippen molar-refractivity contribution >= 4 is 23.7 Å². The summed E-state index contributed by atoms with van der Waals surface area (Å²) < 4.78 is 18.0. The van der Waals surface area contributed by atoms with Crippen molar-refractivity contribution in [2.45, 2.75) is 13.3 Å². The molecule has 0 aromatic heterocycles. The molecule has 5 rings (SSSR count). The van der Waals surface area contributed by atoms with Crippen molar-refractivity contribution in [3.8, 4) is 17.2 Å². The third kappa shape index (κ3) is 5.73. The summed E-state index contributed by atoms with van der Waals surface area (Å²) in [4.78, 5) is 2.12. The maximum Gasteiger partial charge on any atom is 0.632 e. The number of benzene rings is 4. The van der Waals surface area contributed by atoms with Crippen LogP contribution in [0.5, 0.6) is 17.2 Å². The van der Waals surface area contributed by atoms with Crippen molar-refractivity contribution in [3.63, 3.8) is 0 Å². The maximum atomic E-state index is 6.02. The number of hydrogen-bond acceptors (Lipinski definition) is 4. The molecule has 5 heteroatoms. The molecule has 0 N–H and O–H groups in total. The van der Waals surface area contributed by atoms with Gasteiger partial charge in [0.2, 0.25) is 0 Å². The van der Waals surface area contributed by atoms with Gasteiger partial charge >= 0.3 is 7.12 Å². The fourth-order valence-electron chi connectivity index (χ4n) is 4.59. The molecule has 4 aromatic carbocycles. The second-order valence-electron chi connectivity index (χ2n) is 9.39. The quantitative estimate of drug-likeness (QED) is 0.208. The molecule has 4 nitrogen and oxygen atoms in total. The average molecular weight is 489 g/mol. The van der Waals surface area contributed by atoms with E-state index in [1.54, 1.807) is 0 Å². The van der Waals surface area contributed by atoms with Crippen molar-refractivity contribution in [2.75, 3.05) is 27.2 Å². The second kappa shape index (κ2) is 11.4. The molecule has 37 heavy (non-hydrogen) atoms. The molecule has 0 saturated heterocycles. The lowest BCUT2D eigenvalue weighted by molar-refractivity contribution is 0.261. The van der Waals surface area contributed by atoms with E-state index in [0.29, 0.717) is 6.61 Å². The molecule has 0 fully saturated rings. The minimum absolute atomic E-state index is 0.433. The molecule has 0 saturated carbocycles. The fraction of sp³-hybridized carbons (Fsp3) is 0.188. The molecule has 186 valence electrons. The fourth-order valence-corrected chi connectivity index (χ4v) is 4.59. The van der Waals surface area contributed by atoms with Crippen molar-refractivity contribution in [2.24, 2.45) is 0 Å². The number of allylic oxidation sites excluding steroid dienone is 1. The zero-order valence-electron chi connectivity index (χ0n) is 21.7. The molecule has 0 aliphatic carbocycles. The number of ether oxygens (including phenoxy) is 1.